The van der Waals surface area contributed by atoms with Gasteiger partial charge in [0.25, 0.3) is 5.91 Å². The van der Waals surface area contributed by atoms with Crippen molar-refractivity contribution in [1.82, 2.24) is 15.2 Å². The zero-order valence-corrected chi connectivity index (χ0v) is 19.2. The van der Waals surface area contributed by atoms with E-state index in [0.29, 0.717) is 24.4 Å². The number of halogens is 1. The zero-order chi connectivity index (χ0) is 23.4. The highest BCUT2D eigenvalue weighted by Gasteiger charge is 2.46. The fourth-order valence-corrected chi connectivity index (χ4v) is 4.76. The molecule has 0 aliphatic heterocycles. The van der Waals surface area contributed by atoms with E-state index >= 15 is 0 Å². The lowest BCUT2D eigenvalue weighted by Crippen LogP contribution is -2.51. The van der Waals surface area contributed by atoms with Gasteiger partial charge in [0.05, 0.1) is 24.7 Å². The predicted molar refractivity (Wildman–Crippen MR) is 123 cm³/mol. The number of nitrogens with one attached hydrogen (secondary N) is 1. The number of hydrogen-bond donors (Lipinski definition) is 2. The van der Waals surface area contributed by atoms with Crippen LogP contribution in [-0.2, 0) is 6.54 Å². The molecule has 33 heavy (non-hydrogen) atoms. The second-order valence-electron chi connectivity index (χ2n) is 8.05. The van der Waals surface area contributed by atoms with Crippen LogP contribution >= 0.6 is 11.3 Å². The van der Waals surface area contributed by atoms with E-state index in [9.17, 15) is 14.3 Å². The van der Waals surface area contributed by atoms with Gasteiger partial charge >= 0.3 is 0 Å². The summed E-state index contributed by atoms with van der Waals surface area (Å²) in [5.74, 6) is 0.380. The van der Waals surface area contributed by atoms with Crippen molar-refractivity contribution in [2.75, 3.05) is 14.2 Å². The van der Waals surface area contributed by atoms with E-state index < -0.39 is 30.1 Å². The number of benzene rings is 2. The molecule has 3 aromatic rings. The van der Waals surface area contributed by atoms with Gasteiger partial charge in [-0.2, -0.15) is 0 Å². The molecular weight excluding hydrogens is 445 g/mol. The van der Waals surface area contributed by atoms with E-state index in [1.165, 1.54) is 23.5 Å². The van der Waals surface area contributed by atoms with Crippen LogP contribution in [-0.4, -0.2) is 59.3 Å². The maximum Gasteiger partial charge on any atom is 0.271 e. The number of hydrogen-bond acceptors (Lipinski definition) is 7. The third-order valence-electron chi connectivity index (χ3n) is 5.79. The Bertz CT molecular complexity index is 1060. The normalized spacial score (nSPS) is 22.3. The maximum atomic E-state index is 13.6. The van der Waals surface area contributed by atoms with Crippen molar-refractivity contribution in [3.05, 3.63) is 76.5 Å². The molecule has 2 N–H and O–H groups in total. The van der Waals surface area contributed by atoms with Crippen molar-refractivity contribution >= 4 is 17.2 Å². The summed E-state index contributed by atoms with van der Waals surface area (Å²) in [7, 11) is 3.51. The summed E-state index contributed by atoms with van der Waals surface area (Å²) >= 11 is 1.34. The van der Waals surface area contributed by atoms with Crippen LogP contribution in [0.3, 0.4) is 0 Å². The highest BCUT2D eigenvalue weighted by atomic mass is 32.1. The minimum Gasteiger partial charge on any atom is -0.497 e. The highest BCUT2D eigenvalue weighted by Crippen LogP contribution is 2.30. The Morgan fingerprint density at radius 3 is 2.73 bits per heavy atom. The highest BCUT2D eigenvalue weighted by molar-refractivity contribution is 7.07. The number of aliphatic hydroxyl groups is 1. The van der Waals surface area contributed by atoms with Gasteiger partial charge in [0.2, 0.25) is 0 Å². The molecule has 1 aliphatic rings. The molecule has 0 saturated heterocycles. The lowest BCUT2D eigenvalue weighted by molar-refractivity contribution is 0.0124. The molecule has 2 aromatic carbocycles. The number of aliphatic hydroxyl groups excluding tert-OH is 1. The molecule has 0 spiro atoms. The van der Waals surface area contributed by atoms with E-state index in [4.69, 9.17) is 9.47 Å². The van der Waals surface area contributed by atoms with Gasteiger partial charge in [-0.15, -0.1) is 11.3 Å². The maximum absolute atomic E-state index is 13.6. The quantitative estimate of drug-likeness (QED) is 0.525. The first-order valence-corrected chi connectivity index (χ1v) is 11.5. The minimum atomic E-state index is -0.905. The van der Waals surface area contributed by atoms with Crippen LogP contribution < -0.4 is 14.8 Å². The number of ether oxygens (including phenoxy) is 2. The number of likely N-dealkylation sites (N-methyl/N-ethyl adjacent to an activating group) is 1. The van der Waals surface area contributed by atoms with Crippen molar-refractivity contribution in [1.29, 1.82) is 0 Å². The summed E-state index contributed by atoms with van der Waals surface area (Å²) in [5, 5.41) is 15.9. The Morgan fingerprint density at radius 2 is 2.06 bits per heavy atom. The molecule has 0 unspecified atom stereocenters. The number of carbonyl (C=O) groups excluding carboxylic acids is 1. The Labute approximate surface area is 195 Å². The third kappa shape index (κ3) is 5.50. The van der Waals surface area contributed by atoms with Crippen LogP contribution in [0.15, 0.2) is 59.4 Å². The summed E-state index contributed by atoms with van der Waals surface area (Å²) in [6.45, 7) is 0.543. The second-order valence-corrected chi connectivity index (χ2v) is 8.77. The molecule has 9 heteroatoms. The van der Waals surface area contributed by atoms with Gasteiger partial charge in [-0.3, -0.25) is 9.69 Å². The monoisotopic (exact) mass is 471 g/mol. The molecule has 4 rings (SSSR count). The third-order valence-corrected chi connectivity index (χ3v) is 6.38. The number of methoxy groups -OCH3 is 1. The van der Waals surface area contributed by atoms with Crippen LogP contribution in [0.4, 0.5) is 4.39 Å². The molecule has 1 heterocycles. The standard InChI is InChI=1S/C24H26FN3O4S/c1-28(12-15-6-8-17(31-2)9-7-15)22-19(27-24(30)20-13-33-14-26-20)11-21(23(22)29)32-18-5-3-4-16(25)10-18/h3-10,13-14,19,21-23,29H,11-12H2,1-2H3,(H,27,30)/t19-,21-,22+,23+/m1/s1. The number of nitrogens with zero attached hydrogens (tertiary/aromatic N) is 2. The Balaban J connectivity index is 1.53. The van der Waals surface area contributed by atoms with Crippen molar-refractivity contribution in [2.24, 2.45) is 0 Å². The van der Waals surface area contributed by atoms with Gasteiger partial charge in [0.15, 0.2) is 0 Å². The Kier molecular flexibility index (Phi) is 7.22. The van der Waals surface area contributed by atoms with Gasteiger partial charge in [0.1, 0.15) is 35.2 Å². The van der Waals surface area contributed by atoms with Crippen LogP contribution in [0.5, 0.6) is 11.5 Å². The van der Waals surface area contributed by atoms with Crippen LogP contribution in [0.2, 0.25) is 0 Å². The summed E-state index contributed by atoms with van der Waals surface area (Å²) in [5.41, 5.74) is 2.96. The largest absolute Gasteiger partial charge is 0.497 e. The molecule has 1 saturated carbocycles. The number of thiazole rings is 1. The zero-order valence-electron chi connectivity index (χ0n) is 18.3. The molecule has 0 bridgehead atoms. The van der Waals surface area contributed by atoms with Crippen molar-refractivity contribution in [2.45, 2.75) is 37.3 Å². The first kappa shape index (κ1) is 23.2. The van der Waals surface area contributed by atoms with Gasteiger partial charge in [-0.05, 0) is 36.9 Å². The molecule has 7 nitrogen and oxygen atoms in total. The molecule has 1 fully saturated rings. The van der Waals surface area contributed by atoms with Crippen molar-refractivity contribution < 1.29 is 23.8 Å². The van der Waals surface area contributed by atoms with E-state index in [1.54, 1.807) is 30.1 Å². The van der Waals surface area contributed by atoms with Gasteiger partial charge in [-0.1, -0.05) is 18.2 Å². The molecule has 1 aromatic heterocycles. The molecule has 1 amide bonds. The van der Waals surface area contributed by atoms with Gasteiger partial charge < -0.3 is 19.9 Å². The first-order valence-electron chi connectivity index (χ1n) is 10.6. The summed E-state index contributed by atoms with van der Waals surface area (Å²) in [6, 6.07) is 12.7. The summed E-state index contributed by atoms with van der Waals surface area (Å²) in [4.78, 5) is 18.8. The SMILES string of the molecule is COc1ccc(CN(C)[C@@H]2[C@@H](O)[C@H](Oc3cccc(F)c3)C[C@H]2NC(=O)c2cscn2)cc1. The average Bonchev–Trinajstić information content (AvgIpc) is 3.43. The lowest BCUT2D eigenvalue weighted by atomic mass is 10.1. The van der Waals surface area contributed by atoms with E-state index in [1.807, 2.05) is 36.2 Å². The Morgan fingerprint density at radius 1 is 1.27 bits per heavy atom. The van der Waals surface area contributed by atoms with E-state index in [-0.39, 0.29) is 5.91 Å². The second kappa shape index (κ2) is 10.3. The number of amides is 1. The van der Waals surface area contributed by atoms with Crippen LogP contribution in [0.1, 0.15) is 22.5 Å². The van der Waals surface area contributed by atoms with Crippen LogP contribution in [0.25, 0.3) is 0 Å². The molecule has 0 radical (unpaired) electrons. The topological polar surface area (TPSA) is 83.9 Å². The minimum absolute atomic E-state index is 0.303. The molecular formula is C24H26FN3O4S. The smallest absolute Gasteiger partial charge is 0.271 e. The number of aromatic nitrogens is 1. The average molecular weight is 472 g/mol. The van der Waals surface area contributed by atoms with Gasteiger partial charge in [0, 0.05) is 24.4 Å². The van der Waals surface area contributed by atoms with Crippen molar-refractivity contribution in [3.8, 4) is 11.5 Å². The first-order chi connectivity index (χ1) is 15.9. The molecule has 1 aliphatic carbocycles. The molecule has 174 valence electrons. The number of carbonyl (C=O) groups is 1. The molecule has 4 atom stereocenters. The van der Waals surface area contributed by atoms with E-state index in [2.05, 4.69) is 10.3 Å². The lowest BCUT2D eigenvalue weighted by Gasteiger charge is -2.32. The fraction of sp³-hybridized carbons (Fsp3) is 0.333. The predicted octanol–water partition coefficient (Wildman–Crippen LogP) is 3.10. The van der Waals surface area contributed by atoms with Crippen LogP contribution in [0, 0.1) is 5.82 Å². The Hall–Kier alpha value is -3.01. The van der Waals surface area contributed by atoms with Crippen molar-refractivity contribution in [3.63, 3.8) is 0 Å². The van der Waals surface area contributed by atoms with Gasteiger partial charge in [-0.25, -0.2) is 9.37 Å². The van der Waals surface area contributed by atoms with E-state index in [0.717, 1.165) is 11.3 Å². The summed E-state index contributed by atoms with van der Waals surface area (Å²) in [6.07, 6.45) is -1.15. The fourth-order valence-electron chi connectivity index (χ4n) is 4.22. The summed E-state index contributed by atoms with van der Waals surface area (Å²) < 4.78 is 24.8. The number of rotatable bonds is 8.